The molecule has 0 spiro atoms. The molecule has 0 saturated heterocycles. The van der Waals surface area contributed by atoms with Crippen molar-refractivity contribution in [3.8, 4) is 5.75 Å². The van der Waals surface area contributed by atoms with Crippen LogP contribution in [0.3, 0.4) is 0 Å². The van der Waals surface area contributed by atoms with Gasteiger partial charge in [-0.25, -0.2) is 21.1 Å². The lowest BCUT2D eigenvalue weighted by Gasteiger charge is -2.37. The summed E-state index contributed by atoms with van der Waals surface area (Å²) in [5, 5.41) is 9.61. The quantitative estimate of drug-likeness (QED) is 0.708. The van der Waals surface area contributed by atoms with Gasteiger partial charge in [0.25, 0.3) is 0 Å². The average molecular weight is 447 g/mol. The summed E-state index contributed by atoms with van der Waals surface area (Å²) in [4.78, 5) is 0.00459. The Morgan fingerprint density at radius 3 is 2.62 bits per heavy atom. The molecule has 3 atom stereocenters. The molecule has 2 rings (SSSR count). The second-order valence-corrected chi connectivity index (χ2v) is 11.4. The van der Waals surface area contributed by atoms with E-state index in [0.29, 0.717) is 0 Å². The van der Waals surface area contributed by atoms with E-state index in [9.17, 15) is 21.9 Å². The minimum absolute atomic E-state index is 0.00459. The highest BCUT2D eigenvalue weighted by Crippen LogP contribution is 2.34. The van der Waals surface area contributed by atoms with Gasteiger partial charge < -0.3 is 9.84 Å². The number of likely N-dealkylation sites (N-methyl/N-ethyl adjacent to an activating group) is 1. The van der Waals surface area contributed by atoms with Gasteiger partial charge in [-0.2, -0.15) is 4.31 Å². The van der Waals surface area contributed by atoms with Gasteiger partial charge in [-0.15, -0.1) is 0 Å². The van der Waals surface area contributed by atoms with Crippen LogP contribution in [0, 0.1) is 5.92 Å². The van der Waals surface area contributed by atoms with Crippen LogP contribution in [-0.4, -0.2) is 75.7 Å². The number of rotatable bonds is 6. The molecule has 1 aliphatic heterocycles. The summed E-state index contributed by atoms with van der Waals surface area (Å²) < 4.78 is 58.9. The third-order valence-electron chi connectivity index (χ3n) is 5.05. The largest absolute Gasteiger partial charge is 0.487 e. The molecule has 0 bridgehead atoms. The summed E-state index contributed by atoms with van der Waals surface area (Å²) in [5.74, 6) is -0.143. The molecule has 0 fully saturated rings. The van der Waals surface area contributed by atoms with Gasteiger partial charge in [0, 0.05) is 25.6 Å². The van der Waals surface area contributed by atoms with Crippen molar-refractivity contribution < 1.29 is 26.7 Å². The first-order valence-electron chi connectivity index (χ1n) is 9.39. The molecule has 10 heteroatoms. The lowest BCUT2D eigenvalue weighted by atomic mass is 10.0. The molecular formula is C19H30N2O6S2. The number of hydrogen-bond acceptors (Lipinski definition) is 6. The van der Waals surface area contributed by atoms with Crippen LogP contribution in [0.1, 0.15) is 26.3 Å². The van der Waals surface area contributed by atoms with Gasteiger partial charge in [-0.1, -0.05) is 25.1 Å². The summed E-state index contributed by atoms with van der Waals surface area (Å²) in [5.41, 5.74) is 0.770. The van der Waals surface area contributed by atoms with E-state index < -0.39 is 32.2 Å². The maximum atomic E-state index is 13.3. The van der Waals surface area contributed by atoms with E-state index in [1.807, 2.05) is 26.0 Å². The minimum atomic E-state index is -3.91. The van der Waals surface area contributed by atoms with Crippen molar-refractivity contribution in [3.63, 3.8) is 0 Å². The van der Waals surface area contributed by atoms with Crippen LogP contribution in [0.2, 0.25) is 0 Å². The maximum Gasteiger partial charge on any atom is 0.247 e. The molecule has 29 heavy (non-hydrogen) atoms. The van der Waals surface area contributed by atoms with Gasteiger partial charge in [0.15, 0.2) is 0 Å². The fraction of sp³-hybridized carbons (Fsp3) is 0.579. The number of sulfonamides is 2. The number of ether oxygens (including phenoxy) is 1. The molecule has 0 saturated carbocycles. The summed E-state index contributed by atoms with van der Waals surface area (Å²) in [6.07, 6.45) is 4.20. The summed E-state index contributed by atoms with van der Waals surface area (Å²) in [7, 11) is -5.87. The van der Waals surface area contributed by atoms with E-state index in [1.54, 1.807) is 19.1 Å². The zero-order chi connectivity index (χ0) is 22.0. The number of allylic oxidation sites excluding steroid dienone is 1. The maximum absolute atomic E-state index is 13.3. The minimum Gasteiger partial charge on any atom is -0.487 e. The molecule has 1 aromatic carbocycles. The SMILES string of the molecule is C/C=C/c1ccc2c(c1)O[C@H](CN(C)S(C)(=O)=O)[C@H](C)CN([C@@H](C)CO)S2(=O)=O. The smallest absolute Gasteiger partial charge is 0.247 e. The van der Waals surface area contributed by atoms with Crippen molar-refractivity contribution in [1.82, 2.24) is 8.61 Å². The molecule has 0 unspecified atom stereocenters. The highest BCUT2D eigenvalue weighted by Gasteiger charge is 2.38. The van der Waals surface area contributed by atoms with Crippen molar-refractivity contribution in [2.24, 2.45) is 5.92 Å². The van der Waals surface area contributed by atoms with Crippen molar-refractivity contribution in [3.05, 3.63) is 29.8 Å². The first-order chi connectivity index (χ1) is 13.4. The highest BCUT2D eigenvalue weighted by molar-refractivity contribution is 7.89. The van der Waals surface area contributed by atoms with Gasteiger partial charge in [-0.05, 0) is 31.5 Å². The topological polar surface area (TPSA) is 104 Å². The van der Waals surface area contributed by atoms with E-state index in [2.05, 4.69) is 0 Å². The lowest BCUT2D eigenvalue weighted by Crippen LogP contribution is -2.50. The molecule has 164 valence electrons. The molecule has 0 aliphatic carbocycles. The number of nitrogens with zero attached hydrogens (tertiary/aromatic N) is 2. The predicted molar refractivity (Wildman–Crippen MR) is 113 cm³/mol. The standard InChI is InChI=1S/C19H30N2O6S2/c1-6-7-16-8-9-19-17(10-16)27-18(12-20(4)28(5,23)24)14(2)11-21(15(3)13-22)29(19,25)26/h6-10,14-15,18,22H,11-13H2,1-5H3/b7-6+/t14-,15+,18-/m1/s1. The molecule has 1 aromatic rings. The Morgan fingerprint density at radius 2 is 2.07 bits per heavy atom. The zero-order valence-electron chi connectivity index (χ0n) is 17.4. The molecule has 0 aromatic heterocycles. The Balaban J connectivity index is 2.61. The predicted octanol–water partition coefficient (Wildman–Crippen LogP) is 1.38. The first kappa shape index (κ1) is 23.8. The third kappa shape index (κ3) is 5.37. The lowest BCUT2D eigenvalue weighted by molar-refractivity contribution is 0.0905. The number of fused-ring (bicyclic) bond motifs is 1. The van der Waals surface area contributed by atoms with Crippen LogP contribution in [-0.2, 0) is 20.0 Å². The van der Waals surface area contributed by atoms with Crippen molar-refractivity contribution in [1.29, 1.82) is 0 Å². The average Bonchev–Trinajstić information content (AvgIpc) is 2.63. The fourth-order valence-corrected chi connectivity index (χ4v) is 5.39. The van der Waals surface area contributed by atoms with E-state index in [1.165, 1.54) is 21.7 Å². The Kier molecular flexibility index (Phi) is 7.50. The Labute approximate surface area is 173 Å². The van der Waals surface area contributed by atoms with Crippen molar-refractivity contribution >= 4 is 26.1 Å². The molecule has 8 nitrogen and oxygen atoms in total. The van der Waals surface area contributed by atoms with Crippen LogP contribution in [0.5, 0.6) is 5.75 Å². The summed E-state index contributed by atoms with van der Waals surface area (Å²) in [6.45, 7) is 5.15. The van der Waals surface area contributed by atoms with Crippen molar-refractivity contribution in [2.45, 2.75) is 37.8 Å². The summed E-state index contributed by atoms with van der Waals surface area (Å²) in [6, 6.07) is 4.19. The Morgan fingerprint density at radius 1 is 1.41 bits per heavy atom. The first-order valence-corrected chi connectivity index (χ1v) is 12.7. The molecule has 0 radical (unpaired) electrons. The molecular weight excluding hydrogens is 416 g/mol. The van der Waals surface area contributed by atoms with Crippen LogP contribution >= 0.6 is 0 Å². The van der Waals surface area contributed by atoms with Gasteiger partial charge in [-0.3, -0.25) is 0 Å². The van der Waals surface area contributed by atoms with Crippen molar-refractivity contribution in [2.75, 3.05) is 33.0 Å². The van der Waals surface area contributed by atoms with Gasteiger partial charge >= 0.3 is 0 Å². The Hall–Kier alpha value is -1.46. The fourth-order valence-electron chi connectivity index (χ4n) is 3.14. The molecule has 1 heterocycles. The van der Waals surface area contributed by atoms with E-state index in [4.69, 9.17) is 4.74 Å². The Bertz CT molecular complexity index is 959. The monoisotopic (exact) mass is 446 g/mol. The number of aliphatic hydroxyl groups excluding tert-OH is 1. The van der Waals surface area contributed by atoms with Crippen LogP contribution in [0.25, 0.3) is 6.08 Å². The zero-order valence-corrected chi connectivity index (χ0v) is 19.1. The van der Waals surface area contributed by atoms with Gasteiger partial charge in [0.2, 0.25) is 20.0 Å². The van der Waals surface area contributed by atoms with Gasteiger partial charge in [0.1, 0.15) is 16.7 Å². The second kappa shape index (κ2) is 9.13. The van der Waals surface area contributed by atoms with E-state index >= 15 is 0 Å². The van der Waals surface area contributed by atoms with Gasteiger partial charge in [0.05, 0.1) is 19.4 Å². The highest BCUT2D eigenvalue weighted by atomic mass is 32.2. The number of aliphatic hydroxyl groups is 1. The molecule has 1 N–H and O–H groups in total. The van der Waals surface area contributed by atoms with Crippen LogP contribution < -0.4 is 4.74 Å². The normalized spacial score (nSPS) is 24.0. The number of benzene rings is 1. The van der Waals surface area contributed by atoms with E-state index in [-0.39, 0.29) is 36.3 Å². The second-order valence-electron chi connectivity index (χ2n) is 7.49. The van der Waals surface area contributed by atoms with Crippen LogP contribution in [0.15, 0.2) is 29.2 Å². The van der Waals surface area contributed by atoms with Crippen LogP contribution in [0.4, 0.5) is 0 Å². The number of hydrogen-bond donors (Lipinski definition) is 1. The molecule has 1 aliphatic rings. The summed E-state index contributed by atoms with van der Waals surface area (Å²) >= 11 is 0. The third-order valence-corrected chi connectivity index (χ3v) is 8.35. The molecule has 0 amide bonds. The van der Waals surface area contributed by atoms with E-state index in [0.717, 1.165) is 11.8 Å².